The third-order valence-corrected chi connectivity index (χ3v) is 5.21. The monoisotopic (exact) mass is 417 g/mol. The molecule has 0 bridgehead atoms. The first-order chi connectivity index (χ1) is 9.52. The quantitative estimate of drug-likeness (QED) is 0.759. The number of nitrogens with one attached hydrogen (secondary N) is 1. The van der Waals surface area contributed by atoms with Crippen molar-refractivity contribution < 1.29 is 0 Å². The Kier molecular flexibility index (Phi) is 5.72. The van der Waals surface area contributed by atoms with E-state index in [2.05, 4.69) is 67.9 Å². The van der Waals surface area contributed by atoms with Gasteiger partial charge in [0.05, 0.1) is 11.4 Å². The summed E-state index contributed by atoms with van der Waals surface area (Å²) in [5, 5.41) is 4.62. The molecule has 0 saturated heterocycles. The van der Waals surface area contributed by atoms with Gasteiger partial charge in [-0.05, 0) is 64.7 Å². The minimum atomic E-state index is 0.0369. The molecule has 2 aromatic rings. The Morgan fingerprint density at radius 2 is 2.10 bits per heavy atom. The first-order valence-electron chi connectivity index (χ1n) is 6.51. The third-order valence-electron chi connectivity index (χ3n) is 3.00. The van der Waals surface area contributed by atoms with Crippen molar-refractivity contribution in [3.63, 3.8) is 0 Å². The van der Waals surface area contributed by atoms with Gasteiger partial charge in [-0.3, -0.25) is 4.98 Å². The van der Waals surface area contributed by atoms with Gasteiger partial charge in [0.15, 0.2) is 0 Å². The lowest BCUT2D eigenvalue weighted by atomic mass is 10.2. The number of thiazole rings is 1. The fourth-order valence-electron chi connectivity index (χ4n) is 1.85. The highest BCUT2D eigenvalue weighted by Crippen LogP contribution is 2.32. The third kappa shape index (κ3) is 3.67. The Balaban J connectivity index is 2.41. The molecule has 0 amide bonds. The molecular formula is C14H17Br2N3S. The Labute approximate surface area is 140 Å². The number of pyridine rings is 1. The normalized spacial score (nSPS) is 12.7. The van der Waals surface area contributed by atoms with E-state index in [0.29, 0.717) is 0 Å². The highest BCUT2D eigenvalue weighted by atomic mass is 79.9. The van der Waals surface area contributed by atoms with Crippen molar-refractivity contribution in [1.82, 2.24) is 15.3 Å². The van der Waals surface area contributed by atoms with Crippen LogP contribution in [0.3, 0.4) is 0 Å². The highest BCUT2D eigenvalue weighted by Gasteiger charge is 2.21. The van der Waals surface area contributed by atoms with Crippen molar-refractivity contribution in [2.45, 2.75) is 33.2 Å². The molecule has 0 aliphatic carbocycles. The van der Waals surface area contributed by atoms with Gasteiger partial charge < -0.3 is 5.32 Å². The van der Waals surface area contributed by atoms with E-state index < -0.39 is 0 Å². The Morgan fingerprint density at radius 3 is 2.65 bits per heavy atom. The van der Waals surface area contributed by atoms with Gasteiger partial charge in [-0.25, -0.2) is 4.98 Å². The van der Waals surface area contributed by atoms with Gasteiger partial charge in [0.2, 0.25) is 0 Å². The van der Waals surface area contributed by atoms with Crippen molar-refractivity contribution in [3.05, 3.63) is 42.5 Å². The number of hydrogen-bond acceptors (Lipinski definition) is 4. The predicted octanol–water partition coefficient (Wildman–Crippen LogP) is 4.77. The molecule has 0 spiro atoms. The molecule has 0 aromatic carbocycles. The van der Waals surface area contributed by atoms with Crippen molar-refractivity contribution in [2.24, 2.45) is 0 Å². The van der Waals surface area contributed by atoms with Crippen LogP contribution in [0.15, 0.2) is 21.2 Å². The number of aryl methyl sites for hydroxylation is 2. The van der Waals surface area contributed by atoms with E-state index in [4.69, 9.17) is 0 Å². The fraction of sp³-hybridized carbons (Fsp3) is 0.429. The number of aromatic nitrogens is 2. The SMILES string of the molecule is CCCNC(c1nc(C)c(C)s1)c1ncc(Br)cc1Br. The average Bonchev–Trinajstić information content (AvgIpc) is 2.72. The summed E-state index contributed by atoms with van der Waals surface area (Å²) in [4.78, 5) is 10.5. The second-order valence-corrected chi connectivity index (χ2v) is 7.61. The van der Waals surface area contributed by atoms with Crippen LogP contribution < -0.4 is 5.32 Å². The van der Waals surface area contributed by atoms with Gasteiger partial charge in [0.1, 0.15) is 11.0 Å². The molecule has 0 fully saturated rings. The maximum absolute atomic E-state index is 4.69. The summed E-state index contributed by atoms with van der Waals surface area (Å²) in [6, 6.07) is 2.06. The minimum Gasteiger partial charge on any atom is -0.303 e. The van der Waals surface area contributed by atoms with Gasteiger partial charge in [-0.1, -0.05) is 6.92 Å². The largest absolute Gasteiger partial charge is 0.303 e. The molecule has 2 rings (SSSR count). The zero-order valence-electron chi connectivity index (χ0n) is 11.7. The predicted molar refractivity (Wildman–Crippen MR) is 91.4 cm³/mol. The van der Waals surface area contributed by atoms with Crippen LogP contribution in [0.2, 0.25) is 0 Å². The summed E-state index contributed by atoms with van der Waals surface area (Å²) in [6.45, 7) is 7.26. The van der Waals surface area contributed by atoms with Crippen molar-refractivity contribution in [3.8, 4) is 0 Å². The Bertz CT molecular complexity index is 579. The summed E-state index contributed by atoms with van der Waals surface area (Å²) in [6.07, 6.45) is 2.90. The molecule has 1 atom stereocenters. The molecule has 0 radical (unpaired) electrons. The topological polar surface area (TPSA) is 37.8 Å². The molecule has 0 aliphatic heterocycles. The summed E-state index contributed by atoms with van der Waals surface area (Å²) in [7, 11) is 0. The van der Waals surface area contributed by atoms with E-state index in [-0.39, 0.29) is 6.04 Å². The first kappa shape index (κ1) is 16.1. The van der Waals surface area contributed by atoms with E-state index in [1.165, 1.54) is 4.88 Å². The molecule has 108 valence electrons. The van der Waals surface area contributed by atoms with E-state index in [9.17, 15) is 0 Å². The van der Waals surface area contributed by atoms with Gasteiger partial charge in [0, 0.05) is 20.0 Å². The van der Waals surface area contributed by atoms with Gasteiger partial charge in [-0.15, -0.1) is 11.3 Å². The lowest BCUT2D eigenvalue weighted by Crippen LogP contribution is -2.24. The standard InChI is InChI=1S/C14H17Br2N3S/c1-4-5-17-13(14-19-8(2)9(3)20-14)12-11(16)6-10(15)7-18-12/h6-7,13,17H,4-5H2,1-3H3. The highest BCUT2D eigenvalue weighted by molar-refractivity contribution is 9.11. The second-order valence-electron chi connectivity index (χ2n) is 4.60. The van der Waals surface area contributed by atoms with Crippen LogP contribution in [0.5, 0.6) is 0 Å². The van der Waals surface area contributed by atoms with Crippen LogP contribution in [0.1, 0.15) is 40.7 Å². The maximum Gasteiger partial charge on any atom is 0.116 e. The van der Waals surface area contributed by atoms with Crippen LogP contribution >= 0.6 is 43.2 Å². The lowest BCUT2D eigenvalue weighted by molar-refractivity contribution is 0.581. The molecule has 0 saturated carbocycles. The molecule has 3 nitrogen and oxygen atoms in total. The van der Waals surface area contributed by atoms with Crippen molar-refractivity contribution in [1.29, 1.82) is 0 Å². The van der Waals surface area contributed by atoms with Crippen LogP contribution in [0.4, 0.5) is 0 Å². The average molecular weight is 419 g/mol. The summed E-state index contributed by atoms with van der Waals surface area (Å²) >= 11 is 8.79. The van der Waals surface area contributed by atoms with E-state index in [1.54, 1.807) is 11.3 Å². The molecule has 1 unspecified atom stereocenters. The van der Waals surface area contributed by atoms with E-state index >= 15 is 0 Å². The number of halogens is 2. The summed E-state index contributed by atoms with van der Waals surface area (Å²) in [5.74, 6) is 0. The molecule has 20 heavy (non-hydrogen) atoms. The Morgan fingerprint density at radius 1 is 1.35 bits per heavy atom. The first-order valence-corrected chi connectivity index (χ1v) is 8.91. The second kappa shape index (κ2) is 7.11. The molecule has 2 heterocycles. The number of hydrogen-bond donors (Lipinski definition) is 1. The summed E-state index contributed by atoms with van der Waals surface area (Å²) in [5.41, 5.74) is 2.08. The summed E-state index contributed by atoms with van der Waals surface area (Å²) < 4.78 is 1.96. The number of rotatable bonds is 5. The minimum absolute atomic E-state index is 0.0369. The zero-order chi connectivity index (χ0) is 14.7. The van der Waals surface area contributed by atoms with Crippen LogP contribution in [0, 0.1) is 13.8 Å². The van der Waals surface area contributed by atoms with Crippen LogP contribution in [0.25, 0.3) is 0 Å². The fourth-order valence-corrected chi connectivity index (χ4v) is 4.07. The van der Waals surface area contributed by atoms with Gasteiger partial charge in [0.25, 0.3) is 0 Å². The van der Waals surface area contributed by atoms with Crippen LogP contribution in [-0.2, 0) is 0 Å². The zero-order valence-corrected chi connectivity index (χ0v) is 15.7. The van der Waals surface area contributed by atoms with Gasteiger partial charge >= 0.3 is 0 Å². The lowest BCUT2D eigenvalue weighted by Gasteiger charge is -2.17. The Hall–Kier alpha value is -0.300. The molecule has 0 aliphatic rings. The molecule has 2 aromatic heterocycles. The van der Waals surface area contributed by atoms with Crippen molar-refractivity contribution >= 4 is 43.2 Å². The van der Waals surface area contributed by atoms with Crippen molar-refractivity contribution in [2.75, 3.05) is 6.54 Å². The molecular weight excluding hydrogens is 402 g/mol. The van der Waals surface area contributed by atoms with E-state index in [0.717, 1.165) is 38.3 Å². The molecule has 1 N–H and O–H groups in total. The number of nitrogens with zero attached hydrogens (tertiary/aromatic N) is 2. The van der Waals surface area contributed by atoms with E-state index in [1.807, 2.05) is 12.3 Å². The smallest absolute Gasteiger partial charge is 0.116 e. The van der Waals surface area contributed by atoms with Gasteiger partial charge in [-0.2, -0.15) is 0 Å². The van der Waals surface area contributed by atoms with Crippen LogP contribution in [-0.4, -0.2) is 16.5 Å². The maximum atomic E-state index is 4.69. The molecule has 6 heteroatoms.